The highest BCUT2D eigenvalue weighted by Gasteiger charge is 2.29. The van der Waals surface area contributed by atoms with Crippen molar-refractivity contribution in [2.24, 2.45) is 0 Å². The molecule has 8 heteroatoms. The molecule has 0 spiro atoms. The van der Waals surface area contributed by atoms with Crippen molar-refractivity contribution in [3.05, 3.63) is 89.2 Å². The number of benzene rings is 3. The van der Waals surface area contributed by atoms with Crippen LogP contribution in [0.3, 0.4) is 0 Å². The number of carboxylic acid groups (broad SMARTS) is 1. The zero-order chi connectivity index (χ0) is 24.4. The molecule has 5 rings (SSSR count). The molecule has 1 aliphatic rings. The predicted octanol–water partition coefficient (Wildman–Crippen LogP) is 4.67. The average molecular weight is 465 g/mol. The minimum atomic E-state index is -0.956. The number of ketones is 1. The van der Waals surface area contributed by atoms with Gasteiger partial charge in [-0.25, -0.2) is 4.98 Å². The van der Waals surface area contributed by atoms with Gasteiger partial charge in [-0.05, 0) is 48.9 Å². The Kier molecular flexibility index (Phi) is 5.81. The van der Waals surface area contributed by atoms with E-state index in [1.165, 1.54) is 6.07 Å². The fourth-order valence-electron chi connectivity index (χ4n) is 4.03. The molecule has 1 unspecified atom stereocenters. The molecule has 0 radical (unpaired) electrons. The number of Topliss-reactive ketones (excluding diaryl/α,β-unsaturated/α-hetero) is 1. The minimum absolute atomic E-state index is 0.110. The van der Waals surface area contributed by atoms with Gasteiger partial charge in [-0.1, -0.05) is 12.1 Å². The number of rotatable bonds is 6. The van der Waals surface area contributed by atoms with E-state index in [1.807, 2.05) is 24.3 Å². The number of nitriles is 1. The van der Waals surface area contributed by atoms with Crippen LogP contribution in [-0.4, -0.2) is 33.4 Å². The molecule has 172 valence electrons. The van der Waals surface area contributed by atoms with Crippen LogP contribution in [0.4, 0.5) is 0 Å². The maximum Gasteiger partial charge on any atom is 0.311 e. The Hall–Kier alpha value is -4.77. The number of hydrogen-bond donors (Lipinski definition) is 1. The van der Waals surface area contributed by atoms with Gasteiger partial charge in [0, 0.05) is 23.4 Å². The average Bonchev–Trinajstić information content (AvgIpc) is 2.88. The van der Waals surface area contributed by atoms with Gasteiger partial charge in [0.15, 0.2) is 5.78 Å². The smallest absolute Gasteiger partial charge is 0.311 e. The van der Waals surface area contributed by atoms with E-state index in [4.69, 9.17) is 9.47 Å². The lowest BCUT2D eigenvalue weighted by atomic mass is 9.91. The van der Waals surface area contributed by atoms with Crippen molar-refractivity contribution < 1.29 is 24.2 Å². The van der Waals surface area contributed by atoms with E-state index in [1.54, 1.807) is 36.5 Å². The number of fused-ring (bicyclic) bond motifs is 2. The first kappa shape index (κ1) is 22.0. The first-order valence-corrected chi connectivity index (χ1v) is 11.0. The third-order valence-corrected chi connectivity index (χ3v) is 5.81. The van der Waals surface area contributed by atoms with Gasteiger partial charge in [0.25, 0.3) is 0 Å². The summed E-state index contributed by atoms with van der Waals surface area (Å²) >= 11 is 0. The highest BCUT2D eigenvalue weighted by molar-refractivity contribution is 5.97. The molecule has 2 heterocycles. The maximum atomic E-state index is 12.8. The molecule has 0 fully saturated rings. The molecule has 0 amide bonds. The second-order valence-corrected chi connectivity index (χ2v) is 8.10. The summed E-state index contributed by atoms with van der Waals surface area (Å²) in [6.07, 6.45) is 2.06. The highest BCUT2D eigenvalue weighted by atomic mass is 16.5. The van der Waals surface area contributed by atoms with Crippen molar-refractivity contribution >= 4 is 22.8 Å². The number of ether oxygens (including phenoxy) is 2. The van der Waals surface area contributed by atoms with E-state index in [2.05, 4.69) is 16.0 Å². The van der Waals surface area contributed by atoms with E-state index in [0.717, 1.165) is 11.0 Å². The van der Waals surface area contributed by atoms with Crippen LogP contribution < -0.4 is 9.47 Å². The summed E-state index contributed by atoms with van der Waals surface area (Å²) in [6, 6.07) is 19.1. The quantitative estimate of drug-likeness (QED) is 0.408. The van der Waals surface area contributed by atoms with Gasteiger partial charge in [-0.2, -0.15) is 5.26 Å². The summed E-state index contributed by atoms with van der Waals surface area (Å²) in [5.41, 5.74) is 3.25. The molecule has 35 heavy (non-hydrogen) atoms. The lowest BCUT2D eigenvalue weighted by Crippen LogP contribution is -2.21. The van der Waals surface area contributed by atoms with E-state index >= 15 is 0 Å². The van der Waals surface area contributed by atoms with E-state index in [0.29, 0.717) is 34.7 Å². The van der Waals surface area contributed by atoms with Gasteiger partial charge in [0.05, 0.1) is 41.2 Å². The standard InChI is InChI=1S/C27H19N3O5/c28-14-17-11-21-20(27(32)33)9-10-34-26(21)13-25(17)35-19-7-5-16(6-8-19)24(31)12-18-15-29-22-3-1-2-4-23(22)30-18/h1-8,11,13,15,20H,9-10,12H2,(H,32,33). The van der Waals surface area contributed by atoms with E-state index in [9.17, 15) is 20.0 Å². The number of hydrogen-bond acceptors (Lipinski definition) is 7. The summed E-state index contributed by atoms with van der Waals surface area (Å²) < 4.78 is 11.5. The highest BCUT2D eigenvalue weighted by Crippen LogP contribution is 2.39. The first-order valence-electron chi connectivity index (χ1n) is 11.0. The SMILES string of the molecule is N#Cc1cc2c(cc1Oc1ccc(C(=O)Cc3cnc4ccccc4n3)cc1)OCCC2C(=O)O. The van der Waals surface area contributed by atoms with Gasteiger partial charge in [0.1, 0.15) is 23.3 Å². The molecule has 1 aromatic heterocycles. The fourth-order valence-corrected chi connectivity index (χ4v) is 4.03. The van der Waals surface area contributed by atoms with Gasteiger partial charge in [-0.15, -0.1) is 0 Å². The number of carbonyl (C=O) groups is 2. The Morgan fingerprint density at radius 2 is 1.89 bits per heavy atom. The normalized spacial score (nSPS) is 14.4. The Labute approximate surface area is 200 Å². The molecule has 1 aliphatic heterocycles. The van der Waals surface area contributed by atoms with Gasteiger partial charge >= 0.3 is 5.97 Å². The number of aliphatic carboxylic acids is 1. The number of nitrogens with zero attached hydrogens (tertiary/aromatic N) is 3. The van der Waals surface area contributed by atoms with Crippen molar-refractivity contribution in [3.8, 4) is 23.3 Å². The zero-order valence-electron chi connectivity index (χ0n) is 18.5. The van der Waals surface area contributed by atoms with Crippen LogP contribution in [0.25, 0.3) is 11.0 Å². The predicted molar refractivity (Wildman–Crippen MR) is 126 cm³/mol. The van der Waals surface area contributed by atoms with Gasteiger partial charge < -0.3 is 14.6 Å². The monoisotopic (exact) mass is 465 g/mol. The fraction of sp³-hybridized carbons (Fsp3) is 0.148. The minimum Gasteiger partial charge on any atom is -0.493 e. The molecule has 0 saturated carbocycles. The molecule has 3 aromatic carbocycles. The largest absolute Gasteiger partial charge is 0.493 e. The third kappa shape index (κ3) is 4.52. The molecule has 0 saturated heterocycles. The van der Waals surface area contributed by atoms with Gasteiger partial charge in [0.2, 0.25) is 0 Å². The zero-order valence-corrected chi connectivity index (χ0v) is 18.5. The maximum absolute atomic E-state index is 12.8. The summed E-state index contributed by atoms with van der Waals surface area (Å²) in [5, 5.41) is 19.0. The van der Waals surface area contributed by atoms with Crippen molar-refractivity contribution in [1.29, 1.82) is 5.26 Å². The molecule has 4 aromatic rings. The summed E-state index contributed by atoms with van der Waals surface area (Å²) in [4.78, 5) is 33.1. The lowest BCUT2D eigenvalue weighted by Gasteiger charge is -2.24. The van der Waals surface area contributed by atoms with Crippen LogP contribution in [0.5, 0.6) is 17.2 Å². The molecule has 1 atom stereocenters. The van der Waals surface area contributed by atoms with Crippen LogP contribution in [0.2, 0.25) is 0 Å². The second-order valence-electron chi connectivity index (χ2n) is 8.10. The van der Waals surface area contributed by atoms with Crippen LogP contribution >= 0.6 is 0 Å². The van der Waals surface area contributed by atoms with E-state index in [-0.39, 0.29) is 30.1 Å². The third-order valence-electron chi connectivity index (χ3n) is 5.81. The van der Waals surface area contributed by atoms with Crippen LogP contribution in [0, 0.1) is 11.3 Å². The molecule has 0 aliphatic carbocycles. The van der Waals surface area contributed by atoms with Gasteiger partial charge in [-0.3, -0.25) is 14.6 Å². The summed E-state index contributed by atoms with van der Waals surface area (Å²) in [6.45, 7) is 0.272. The number of carbonyl (C=O) groups excluding carboxylic acids is 1. The molecule has 0 bridgehead atoms. The van der Waals surface area contributed by atoms with Crippen molar-refractivity contribution in [2.45, 2.75) is 18.8 Å². The van der Waals surface area contributed by atoms with Crippen LogP contribution in [-0.2, 0) is 11.2 Å². The van der Waals surface area contributed by atoms with Crippen LogP contribution in [0.15, 0.2) is 66.9 Å². The Balaban J connectivity index is 1.33. The molecular formula is C27H19N3O5. The van der Waals surface area contributed by atoms with Crippen molar-refractivity contribution in [3.63, 3.8) is 0 Å². The molecule has 1 N–H and O–H groups in total. The number of para-hydroxylation sites is 2. The Morgan fingerprint density at radius 3 is 2.63 bits per heavy atom. The van der Waals surface area contributed by atoms with E-state index < -0.39 is 11.9 Å². The summed E-state index contributed by atoms with van der Waals surface area (Å²) in [7, 11) is 0. The van der Waals surface area contributed by atoms with Crippen molar-refractivity contribution in [1.82, 2.24) is 9.97 Å². The first-order chi connectivity index (χ1) is 17.0. The molecule has 8 nitrogen and oxygen atoms in total. The Bertz CT molecular complexity index is 1490. The number of carboxylic acids is 1. The van der Waals surface area contributed by atoms with Crippen molar-refractivity contribution in [2.75, 3.05) is 6.61 Å². The number of aromatic nitrogens is 2. The second kappa shape index (κ2) is 9.23. The Morgan fingerprint density at radius 1 is 1.11 bits per heavy atom. The lowest BCUT2D eigenvalue weighted by molar-refractivity contribution is -0.139. The van der Waals surface area contributed by atoms with Crippen LogP contribution in [0.1, 0.15) is 39.5 Å². The summed E-state index contributed by atoms with van der Waals surface area (Å²) in [5.74, 6) is -0.724. The topological polar surface area (TPSA) is 122 Å². The molecular weight excluding hydrogens is 446 g/mol.